The van der Waals surface area contributed by atoms with Crippen molar-refractivity contribution in [3.63, 3.8) is 0 Å². The van der Waals surface area contributed by atoms with Gasteiger partial charge in [-0.05, 0) is 31.7 Å². The molecule has 1 aliphatic heterocycles. The van der Waals surface area contributed by atoms with Crippen LogP contribution in [0.4, 0.5) is 0 Å². The van der Waals surface area contributed by atoms with E-state index < -0.39 is 9.84 Å². The van der Waals surface area contributed by atoms with E-state index in [9.17, 15) is 8.42 Å². The molecule has 78 valence electrons. The number of rotatable bonds is 1. The fourth-order valence-corrected chi connectivity index (χ4v) is 3.48. The highest BCUT2D eigenvalue weighted by molar-refractivity contribution is 7.91. The molecule has 3 nitrogen and oxygen atoms in total. The second kappa shape index (κ2) is 4.15. The zero-order valence-electron chi connectivity index (χ0n) is 7.53. The quantitative estimate of drug-likeness (QED) is 0.711. The monoisotopic (exact) mass is 225 g/mol. The first-order valence-electron chi connectivity index (χ1n) is 4.61. The van der Waals surface area contributed by atoms with Gasteiger partial charge in [-0.15, -0.1) is 12.4 Å². The van der Waals surface area contributed by atoms with E-state index in [0.717, 1.165) is 13.0 Å². The standard InChI is InChI=1S/C8H15NO2S.ClH/c10-12(11)5-1-4-9-8(6-12)7-2-3-7;/h7-9H,1-6H2;1H. The van der Waals surface area contributed by atoms with Crippen molar-refractivity contribution in [2.24, 2.45) is 5.92 Å². The minimum atomic E-state index is -2.74. The van der Waals surface area contributed by atoms with Crippen LogP contribution in [-0.2, 0) is 9.84 Å². The molecule has 0 aromatic carbocycles. The van der Waals surface area contributed by atoms with E-state index in [1.165, 1.54) is 12.8 Å². The summed E-state index contributed by atoms with van der Waals surface area (Å²) in [6, 6.07) is 0.262. The van der Waals surface area contributed by atoms with Gasteiger partial charge in [0.05, 0.1) is 11.5 Å². The Hall–Kier alpha value is 0.200. The molecule has 2 rings (SSSR count). The van der Waals surface area contributed by atoms with E-state index >= 15 is 0 Å². The lowest BCUT2D eigenvalue weighted by molar-refractivity contribution is 0.505. The first-order valence-corrected chi connectivity index (χ1v) is 6.43. The number of sulfone groups is 1. The molecule has 2 fully saturated rings. The number of halogens is 1. The van der Waals surface area contributed by atoms with Crippen molar-refractivity contribution in [2.45, 2.75) is 25.3 Å². The second-order valence-corrected chi connectivity index (χ2v) is 6.09. The van der Waals surface area contributed by atoms with Gasteiger partial charge < -0.3 is 5.32 Å². The molecule has 5 heteroatoms. The molecule has 1 N–H and O–H groups in total. The first-order chi connectivity index (χ1) is 5.67. The van der Waals surface area contributed by atoms with Crippen molar-refractivity contribution in [3.8, 4) is 0 Å². The van der Waals surface area contributed by atoms with Crippen LogP contribution in [-0.4, -0.2) is 32.5 Å². The fourth-order valence-electron chi connectivity index (χ4n) is 1.80. The van der Waals surface area contributed by atoms with Crippen molar-refractivity contribution in [1.82, 2.24) is 5.32 Å². The average Bonchev–Trinajstić information content (AvgIpc) is 2.73. The first kappa shape index (κ1) is 11.3. The molecule has 13 heavy (non-hydrogen) atoms. The highest BCUT2D eigenvalue weighted by atomic mass is 35.5. The van der Waals surface area contributed by atoms with E-state index in [0.29, 0.717) is 17.4 Å². The lowest BCUT2D eigenvalue weighted by Crippen LogP contribution is -2.35. The maximum absolute atomic E-state index is 11.4. The van der Waals surface area contributed by atoms with E-state index in [2.05, 4.69) is 5.32 Å². The Morgan fingerprint density at radius 2 is 1.92 bits per heavy atom. The predicted octanol–water partition coefficient (Wildman–Crippen LogP) is 0.595. The summed E-state index contributed by atoms with van der Waals surface area (Å²) in [7, 11) is -2.74. The number of hydrogen-bond donors (Lipinski definition) is 1. The van der Waals surface area contributed by atoms with Crippen LogP contribution in [0.25, 0.3) is 0 Å². The summed E-state index contributed by atoms with van der Waals surface area (Å²) in [5.74, 6) is 1.40. The van der Waals surface area contributed by atoms with Gasteiger partial charge in [-0.25, -0.2) is 8.42 Å². The van der Waals surface area contributed by atoms with Crippen LogP contribution in [0.15, 0.2) is 0 Å². The Balaban J connectivity index is 0.000000845. The largest absolute Gasteiger partial charge is 0.313 e. The Labute approximate surface area is 85.6 Å². The van der Waals surface area contributed by atoms with Crippen LogP contribution >= 0.6 is 12.4 Å². The summed E-state index contributed by atoms with van der Waals surface area (Å²) in [4.78, 5) is 0. The molecule has 0 spiro atoms. The third kappa shape index (κ3) is 3.11. The van der Waals surface area contributed by atoms with E-state index in [4.69, 9.17) is 0 Å². The van der Waals surface area contributed by atoms with E-state index in [-0.39, 0.29) is 18.4 Å². The smallest absolute Gasteiger partial charge is 0.151 e. The van der Waals surface area contributed by atoms with Gasteiger partial charge in [0, 0.05) is 6.04 Å². The Kier molecular flexibility index (Phi) is 3.60. The summed E-state index contributed by atoms with van der Waals surface area (Å²) in [6.45, 7) is 0.875. The maximum Gasteiger partial charge on any atom is 0.151 e. The Morgan fingerprint density at radius 1 is 1.23 bits per heavy atom. The topological polar surface area (TPSA) is 46.2 Å². The number of hydrogen-bond acceptors (Lipinski definition) is 3. The van der Waals surface area contributed by atoms with Gasteiger partial charge in [-0.3, -0.25) is 0 Å². The van der Waals surface area contributed by atoms with Crippen LogP contribution in [0.5, 0.6) is 0 Å². The molecule has 0 bridgehead atoms. The molecule has 0 amide bonds. The third-order valence-electron chi connectivity index (χ3n) is 2.66. The van der Waals surface area contributed by atoms with Crippen molar-refractivity contribution in [3.05, 3.63) is 0 Å². The molecule has 1 saturated carbocycles. The highest BCUT2D eigenvalue weighted by Crippen LogP contribution is 2.33. The molecule has 1 saturated heterocycles. The number of nitrogens with one attached hydrogen (secondary N) is 1. The minimum absolute atomic E-state index is 0. The van der Waals surface area contributed by atoms with Crippen LogP contribution < -0.4 is 5.32 Å². The van der Waals surface area contributed by atoms with Crippen LogP contribution in [0.3, 0.4) is 0 Å². The predicted molar refractivity (Wildman–Crippen MR) is 55.0 cm³/mol. The van der Waals surface area contributed by atoms with Crippen LogP contribution in [0, 0.1) is 5.92 Å². The Bertz CT molecular complexity index is 261. The fraction of sp³-hybridized carbons (Fsp3) is 1.00. The van der Waals surface area contributed by atoms with Gasteiger partial charge in [0.15, 0.2) is 9.84 Å². The summed E-state index contributed by atoms with van der Waals surface area (Å²) < 4.78 is 22.7. The van der Waals surface area contributed by atoms with Crippen molar-refractivity contribution in [1.29, 1.82) is 0 Å². The minimum Gasteiger partial charge on any atom is -0.313 e. The van der Waals surface area contributed by atoms with E-state index in [1.807, 2.05) is 0 Å². The molecule has 1 unspecified atom stereocenters. The van der Waals surface area contributed by atoms with Crippen molar-refractivity contribution < 1.29 is 8.42 Å². The van der Waals surface area contributed by atoms with Crippen molar-refractivity contribution in [2.75, 3.05) is 18.1 Å². The zero-order chi connectivity index (χ0) is 8.60. The van der Waals surface area contributed by atoms with Gasteiger partial charge in [-0.2, -0.15) is 0 Å². The zero-order valence-corrected chi connectivity index (χ0v) is 9.16. The van der Waals surface area contributed by atoms with Gasteiger partial charge in [-0.1, -0.05) is 0 Å². The molecule has 0 radical (unpaired) electrons. The van der Waals surface area contributed by atoms with Gasteiger partial charge in [0.2, 0.25) is 0 Å². The molecular formula is C8H16ClNO2S. The van der Waals surface area contributed by atoms with Gasteiger partial charge >= 0.3 is 0 Å². The molecule has 0 aromatic heterocycles. The molecule has 1 aliphatic carbocycles. The van der Waals surface area contributed by atoms with Gasteiger partial charge in [0.1, 0.15) is 0 Å². The summed E-state index contributed by atoms with van der Waals surface area (Å²) >= 11 is 0. The summed E-state index contributed by atoms with van der Waals surface area (Å²) in [5, 5.41) is 3.32. The van der Waals surface area contributed by atoms with E-state index in [1.54, 1.807) is 0 Å². The normalized spacial score (nSPS) is 33.1. The van der Waals surface area contributed by atoms with Gasteiger partial charge in [0.25, 0.3) is 0 Å². The summed E-state index contributed by atoms with van der Waals surface area (Å²) in [5.41, 5.74) is 0. The molecule has 1 atom stereocenters. The third-order valence-corrected chi connectivity index (χ3v) is 4.44. The Morgan fingerprint density at radius 3 is 2.54 bits per heavy atom. The highest BCUT2D eigenvalue weighted by Gasteiger charge is 2.35. The molecule has 0 aromatic rings. The average molecular weight is 226 g/mol. The van der Waals surface area contributed by atoms with Crippen LogP contribution in [0.2, 0.25) is 0 Å². The molecule has 1 heterocycles. The summed E-state index contributed by atoms with van der Waals surface area (Å²) in [6.07, 6.45) is 3.21. The second-order valence-electron chi connectivity index (χ2n) is 3.87. The SMILES string of the molecule is Cl.O=S1(=O)CCCNC(C2CC2)C1. The lowest BCUT2D eigenvalue weighted by atomic mass is 10.2. The molecular weight excluding hydrogens is 210 g/mol. The maximum atomic E-state index is 11.4. The molecule has 2 aliphatic rings. The van der Waals surface area contributed by atoms with Crippen molar-refractivity contribution >= 4 is 22.2 Å². The lowest BCUT2D eigenvalue weighted by Gasteiger charge is -2.13. The van der Waals surface area contributed by atoms with Crippen LogP contribution in [0.1, 0.15) is 19.3 Å².